The van der Waals surface area contributed by atoms with Gasteiger partial charge in [0.2, 0.25) is 0 Å². The summed E-state index contributed by atoms with van der Waals surface area (Å²) in [5, 5.41) is 7.21. The molecule has 0 saturated heterocycles. The molecule has 0 fully saturated rings. The Labute approximate surface area is 107 Å². The van der Waals surface area contributed by atoms with E-state index in [1.54, 1.807) is 4.68 Å². The van der Waals surface area contributed by atoms with Crippen molar-refractivity contribution in [2.75, 3.05) is 5.88 Å². The van der Waals surface area contributed by atoms with Gasteiger partial charge in [0.15, 0.2) is 0 Å². The van der Waals surface area contributed by atoms with Crippen molar-refractivity contribution in [3.05, 3.63) is 17.0 Å². The van der Waals surface area contributed by atoms with Crippen LogP contribution in [0.15, 0.2) is 0 Å². The van der Waals surface area contributed by atoms with E-state index in [1.165, 1.54) is 0 Å². The van der Waals surface area contributed by atoms with Gasteiger partial charge in [-0.25, -0.2) is 0 Å². The maximum absolute atomic E-state index is 12.1. The number of hydrogen-bond donors (Lipinski definition) is 1. The molecule has 1 aromatic rings. The monoisotopic (exact) mass is 257 g/mol. The Bertz CT molecular complexity index is 401. The number of aryl methyl sites for hydroxylation is 2. The van der Waals surface area contributed by atoms with Gasteiger partial charge in [-0.15, -0.1) is 11.6 Å². The topological polar surface area (TPSA) is 46.9 Å². The Morgan fingerprint density at radius 3 is 2.65 bits per heavy atom. The van der Waals surface area contributed by atoms with E-state index in [0.717, 1.165) is 24.2 Å². The fraction of sp³-hybridized carbons (Fsp3) is 0.667. The molecule has 1 N–H and O–H groups in total. The van der Waals surface area contributed by atoms with Crippen LogP contribution in [0.25, 0.3) is 0 Å². The zero-order valence-corrected chi connectivity index (χ0v) is 11.6. The Morgan fingerprint density at radius 1 is 1.53 bits per heavy atom. The summed E-state index contributed by atoms with van der Waals surface area (Å²) < 4.78 is 1.73. The van der Waals surface area contributed by atoms with E-state index in [9.17, 15) is 4.79 Å². The van der Waals surface area contributed by atoms with Crippen molar-refractivity contribution in [3.63, 3.8) is 0 Å². The number of hydrogen-bond acceptors (Lipinski definition) is 2. The highest BCUT2D eigenvalue weighted by Gasteiger charge is 2.18. The Morgan fingerprint density at radius 2 is 2.18 bits per heavy atom. The number of aromatic nitrogens is 2. The fourth-order valence-corrected chi connectivity index (χ4v) is 2.01. The number of rotatable bonds is 5. The van der Waals surface area contributed by atoms with Crippen LogP contribution in [0, 0.1) is 13.8 Å². The van der Waals surface area contributed by atoms with Crippen LogP contribution in [0.3, 0.4) is 0 Å². The lowest BCUT2D eigenvalue weighted by Gasteiger charge is -2.13. The third kappa shape index (κ3) is 3.46. The first-order chi connectivity index (χ1) is 7.97. The molecule has 0 bridgehead atoms. The van der Waals surface area contributed by atoms with Crippen molar-refractivity contribution in [2.45, 2.75) is 39.7 Å². The second-order valence-electron chi connectivity index (χ2n) is 4.38. The molecular formula is C12H20ClN3O. The van der Waals surface area contributed by atoms with E-state index in [2.05, 4.69) is 10.4 Å². The molecule has 96 valence electrons. The molecule has 0 aliphatic heterocycles. The SMILES string of the molecule is Cc1nn(C)c(C)c1C(=O)NC(C)CCCCl. The fourth-order valence-electron chi connectivity index (χ4n) is 1.85. The predicted octanol–water partition coefficient (Wildman–Crippen LogP) is 2.17. The molecule has 17 heavy (non-hydrogen) atoms. The molecule has 5 heteroatoms. The van der Waals surface area contributed by atoms with Gasteiger partial charge in [-0.2, -0.15) is 5.10 Å². The highest BCUT2D eigenvalue weighted by molar-refractivity contribution is 6.17. The molecular weight excluding hydrogens is 238 g/mol. The first-order valence-electron chi connectivity index (χ1n) is 5.84. The number of alkyl halides is 1. The van der Waals surface area contributed by atoms with Crippen molar-refractivity contribution in [3.8, 4) is 0 Å². The Hall–Kier alpha value is -1.03. The van der Waals surface area contributed by atoms with Crippen molar-refractivity contribution < 1.29 is 4.79 Å². The number of halogens is 1. The second kappa shape index (κ2) is 6.05. The molecule has 1 rings (SSSR count). The minimum atomic E-state index is -0.0461. The average Bonchev–Trinajstić information content (AvgIpc) is 2.50. The van der Waals surface area contributed by atoms with Crippen LogP contribution in [0.1, 0.15) is 41.5 Å². The molecule has 0 saturated carbocycles. The van der Waals surface area contributed by atoms with Crippen molar-refractivity contribution >= 4 is 17.5 Å². The number of nitrogens with zero attached hydrogens (tertiary/aromatic N) is 2. The summed E-state index contributed by atoms with van der Waals surface area (Å²) in [5.41, 5.74) is 2.35. The van der Waals surface area contributed by atoms with Gasteiger partial charge in [0.1, 0.15) is 0 Å². The maximum Gasteiger partial charge on any atom is 0.255 e. The summed E-state index contributed by atoms with van der Waals surface area (Å²) in [6.45, 7) is 5.75. The average molecular weight is 258 g/mol. The standard InChI is InChI=1S/C12H20ClN3O/c1-8(6-5-7-13)14-12(17)11-9(2)15-16(4)10(11)3/h8H,5-7H2,1-4H3,(H,14,17). The minimum Gasteiger partial charge on any atom is -0.349 e. The summed E-state index contributed by atoms with van der Waals surface area (Å²) in [6.07, 6.45) is 1.81. The summed E-state index contributed by atoms with van der Waals surface area (Å²) in [7, 11) is 1.84. The lowest BCUT2D eigenvalue weighted by molar-refractivity contribution is 0.0937. The van der Waals surface area contributed by atoms with E-state index in [0.29, 0.717) is 11.4 Å². The van der Waals surface area contributed by atoms with E-state index in [-0.39, 0.29) is 11.9 Å². The quantitative estimate of drug-likeness (QED) is 0.822. The molecule has 4 nitrogen and oxygen atoms in total. The van der Waals surface area contributed by atoms with Gasteiger partial charge in [0.05, 0.1) is 11.3 Å². The Balaban J connectivity index is 2.70. The molecule has 0 aromatic carbocycles. The number of nitrogens with one attached hydrogen (secondary N) is 1. The highest BCUT2D eigenvalue weighted by Crippen LogP contribution is 2.12. The van der Waals surface area contributed by atoms with E-state index >= 15 is 0 Å². The molecule has 0 radical (unpaired) electrons. The number of carbonyl (C=O) groups is 1. The van der Waals surface area contributed by atoms with Gasteiger partial charge in [-0.05, 0) is 33.6 Å². The molecule has 1 aromatic heterocycles. The van der Waals surface area contributed by atoms with E-state index < -0.39 is 0 Å². The van der Waals surface area contributed by atoms with Gasteiger partial charge in [0, 0.05) is 24.7 Å². The van der Waals surface area contributed by atoms with Gasteiger partial charge >= 0.3 is 0 Å². The summed E-state index contributed by atoms with van der Waals surface area (Å²) >= 11 is 5.63. The first-order valence-corrected chi connectivity index (χ1v) is 6.37. The second-order valence-corrected chi connectivity index (χ2v) is 4.75. The Kier molecular flexibility index (Phi) is 5.00. The van der Waals surface area contributed by atoms with Crippen molar-refractivity contribution in [1.29, 1.82) is 0 Å². The minimum absolute atomic E-state index is 0.0461. The lowest BCUT2D eigenvalue weighted by atomic mass is 10.1. The van der Waals surface area contributed by atoms with Crippen LogP contribution >= 0.6 is 11.6 Å². The van der Waals surface area contributed by atoms with Crippen LogP contribution in [0.4, 0.5) is 0 Å². The third-order valence-electron chi connectivity index (χ3n) is 2.88. The van der Waals surface area contributed by atoms with Gasteiger partial charge < -0.3 is 5.32 Å². The van der Waals surface area contributed by atoms with Crippen LogP contribution in [-0.4, -0.2) is 27.6 Å². The summed E-state index contributed by atoms with van der Waals surface area (Å²) in [4.78, 5) is 12.1. The zero-order chi connectivity index (χ0) is 13.0. The molecule has 1 atom stereocenters. The normalized spacial score (nSPS) is 12.5. The van der Waals surface area contributed by atoms with E-state index in [4.69, 9.17) is 11.6 Å². The molecule has 0 aliphatic rings. The lowest BCUT2D eigenvalue weighted by Crippen LogP contribution is -2.33. The summed E-state index contributed by atoms with van der Waals surface area (Å²) in [5.74, 6) is 0.584. The van der Waals surface area contributed by atoms with Crippen LogP contribution in [0.2, 0.25) is 0 Å². The first kappa shape index (κ1) is 14.0. The third-order valence-corrected chi connectivity index (χ3v) is 3.15. The molecule has 1 heterocycles. The molecule has 0 aliphatic carbocycles. The molecule has 1 unspecified atom stereocenters. The van der Waals surface area contributed by atoms with Gasteiger partial charge in [0.25, 0.3) is 5.91 Å². The molecule has 0 spiro atoms. The van der Waals surface area contributed by atoms with E-state index in [1.807, 2.05) is 27.8 Å². The van der Waals surface area contributed by atoms with Crippen LogP contribution in [-0.2, 0) is 7.05 Å². The van der Waals surface area contributed by atoms with Crippen molar-refractivity contribution in [2.24, 2.45) is 7.05 Å². The number of amides is 1. The zero-order valence-electron chi connectivity index (χ0n) is 10.9. The predicted molar refractivity (Wildman–Crippen MR) is 69.6 cm³/mol. The van der Waals surface area contributed by atoms with Crippen LogP contribution < -0.4 is 5.32 Å². The highest BCUT2D eigenvalue weighted by atomic mass is 35.5. The summed E-state index contributed by atoms with van der Waals surface area (Å²) in [6, 6.07) is 0.139. The largest absolute Gasteiger partial charge is 0.349 e. The van der Waals surface area contributed by atoms with Crippen molar-refractivity contribution in [1.82, 2.24) is 15.1 Å². The smallest absolute Gasteiger partial charge is 0.255 e. The van der Waals surface area contributed by atoms with Gasteiger partial charge in [-0.1, -0.05) is 0 Å². The van der Waals surface area contributed by atoms with Crippen LogP contribution in [0.5, 0.6) is 0 Å². The maximum atomic E-state index is 12.1. The molecule has 1 amide bonds. The van der Waals surface area contributed by atoms with Gasteiger partial charge in [-0.3, -0.25) is 9.48 Å². The number of carbonyl (C=O) groups excluding carboxylic acids is 1.